The summed E-state index contributed by atoms with van der Waals surface area (Å²) in [6, 6.07) is 16.1. The van der Waals surface area contributed by atoms with Crippen LogP contribution in [0.1, 0.15) is 17.4 Å². The van der Waals surface area contributed by atoms with E-state index >= 15 is 0 Å². The summed E-state index contributed by atoms with van der Waals surface area (Å²) < 4.78 is 16.0. The van der Waals surface area contributed by atoms with Crippen LogP contribution in [0.5, 0.6) is 17.2 Å². The van der Waals surface area contributed by atoms with Crippen molar-refractivity contribution in [2.45, 2.75) is 6.92 Å². The molecule has 3 aromatic rings. The van der Waals surface area contributed by atoms with Gasteiger partial charge in [-0.1, -0.05) is 0 Å². The number of nitrogens with one attached hydrogen (secondary N) is 2. The Bertz CT molecular complexity index is 974. The lowest BCUT2D eigenvalue weighted by Gasteiger charge is -2.13. The molecule has 0 saturated heterocycles. The minimum atomic E-state index is -0.306. The van der Waals surface area contributed by atoms with Gasteiger partial charge in [0.15, 0.2) is 0 Å². The predicted molar refractivity (Wildman–Crippen MR) is 113 cm³/mol. The van der Waals surface area contributed by atoms with Crippen molar-refractivity contribution in [3.8, 4) is 17.2 Å². The highest BCUT2D eigenvalue weighted by atomic mass is 16.5. The third kappa shape index (κ3) is 5.16. The zero-order chi connectivity index (χ0) is 20.6. The van der Waals surface area contributed by atoms with E-state index in [1.54, 1.807) is 62.9 Å². The Morgan fingerprint density at radius 3 is 2.38 bits per heavy atom. The van der Waals surface area contributed by atoms with Gasteiger partial charge >= 0.3 is 0 Å². The van der Waals surface area contributed by atoms with Crippen molar-refractivity contribution in [3.63, 3.8) is 0 Å². The van der Waals surface area contributed by atoms with Gasteiger partial charge in [0.1, 0.15) is 22.9 Å². The second kappa shape index (κ2) is 9.45. The van der Waals surface area contributed by atoms with Gasteiger partial charge in [0.25, 0.3) is 5.91 Å². The van der Waals surface area contributed by atoms with Gasteiger partial charge in [-0.2, -0.15) is 0 Å². The Kier molecular flexibility index (Phi) is 6.52. The fourth-order valence-corrected chi connectivity index (χ4v) is 2.69. The van der Waals surface area contributed by atoms with E-state index in [1.165, 1.54) is 0 Å². The van der Waals surface area contributed by atoms with Gasteiger partial charge in [-0.3, -0.25) is 9.78 Å². The number of hydrogen-bond donors (Lipinski definition) is 2. The average Bonchev–Trinajstić information content (AvgIpc) is 2.75. The standard InChI is InChI=1S/C22H23N3O4/c1-4-29-17-7-5-15(6-8-17)25-22(26)20-13-16(11-12-23-20)24-19-10-9-18(27-2)14-21(19)28-3/h5-14H,4H2,1-3H3,(H,23,24)(H,25,26). The highest BCUT2D eigenvalue weighted by Crippen LogP contribution is 2.31. The molecule has 150 valence electrons. The van der Waals surface area contributed by atoms with E-state index in [2.05, 4.69) is 15.6 Å². The normalized spacial score (nSPS) is 10.2. The predicted octanol–water partition coefficient (Wildman–Crippen LogP) is 4.49. The monoisotopic (exact) mass is 393 g/mol. The molecule has 0 radical (unpaired) electrons. The van der Waals surface area contributed by atoms with Crippen molar-refractivity contribution in [2.24, 2.45) is 0 Å². The van der Waals surface area contributed by atoms with E-state index in [4.69, 9.17) is 14.2 Å². The van der Waals surface area contributed by atoms with Crippen LogP contribution in [0.25, 0.3) is 0 Å². The first-order valence-corrected chi connectivity index (χ1v) is 9.12. The minimum absolute atomic E-state index is 0.288. The van der Waals surface area contributed by atoms with Crippen molar-refractivity contribution in [1.82, 2.24) is 4.98 Å². The maximum Gasteiger partial charge on any atom is 0.274 e. The van der Waals surface area contributed by atoms with Crippen molar-refractivity contribution in [3.05, 3.63) is 66.5 Å². The maximum atomic E-state index is 12.6. The molecule has 0 fully saturated rings. The number of carbonyl (C=O) groups is 1. The van der Waals surface area contributed by atoms with Crippen LogP contribution in [-0.4, -0.2) is 31.7 Å². The Balaban J connectivity index is 1.72. The summed E-state index contributed by atoms with van der Waals surface area (Å²) in [7, 11) is 3.18. The van der Waals surface area contributed by atoms with Gasteiger partial charge < -0.3 is 24.8 Å². The minimum Gasteiger partial charge on any atom is -0.497 e. The van der Waals surface area contributed by atoms with Crippen LogP contribution in [0, 0.1) is 0 Å². The first-order valence-electron chi connectivity index (χ1n) is 9.12. The third-order valence-corrected chi connectivity index (χ3v) is 4.10. The molecule has 0 aliphatic heterocycles. The molecule has 7 heteroatoms. The van der Waals surface area contributed by atoms with Gasteiger partial charge in [-0.15, -0.1) is 0 Å². The number of ether oxygens (including phenoxy) is 3. The van der Waals surface area contributed by atoms with Gasteiger partial charge in [0.2, 0.25) is 0 Å². The second-order valence-electron chi connectivity index (χ2n) is 6.03. The average molecular weight is 393 g/mol. The second-order valence-corrected chi connectivity index (χ2v) is 6.03. The molecule has 1 amide bonds. The van der Waals surface area contributed by atoms with Gasteiger partial charge in [0, 0.05) is 23.6 Å². The van der Waals surface area contributed by atoms with Crippen LogP contribution in [0.3, 0.4) is 0 Å². The SMILES string of the molecule is CCOc1ccc(NC(=O)c2cc(Nc3ccc(OC)cc3OC)ccn2)cc1. The molecule has 2 aromatic carbocycles. The number of methoxy groups -OCH3 is 2. The van der Waals surface area contributed by atoms with Crippen LogP contribution in [-0.2, 0) is 0 Å². The zero-order valence-electron chi connectivity index (χ0n) is 16.6. The molecule has 0 aliphatic rings. The molecular formula is C22H23N3O4. The third-order valence-electron chi connectivity index (χ3n) is 4.10. The largest absolute Gasteiger partial charge is 0.497 e. The molecule has 0 spiro atoms. The Morgan fingerprint density at radius 2 is 1.69 bits per heavy atom. The Morgan fingerprint density at radius 1 is 0.931 bits per heavy atom. The number of aromatic nitrogens is 1. The highest BCUT2D eigenvalue weighted by Gasteiger charge is 2.11. The summed E-state index contributed by atoms with van der Waals surface area (Å²) in [6.45, 7) is 2.51. The van der Waals surface area contributed by atoms with Gasteiger partial charge in [0.05, 0.1) is 26.5 Å². The lowest BCUT2D eigenvalue weighted by molar-refractivity contribution is 0.102. The fraction of sp³-hybridized carbons (Fsp3) is 0.182. The number of hydrogen-bond acceptors (Lipinski definition) is 6. The van der Waals surface area contributed by atoms with E-state index in [9.17, 15) is 4.79 Å². The summed E-state index contributed by atoms with van der Waals surface area (Å²) in [5.41, 5.74) is 2.41. The first-order chi connectivity index (χ1) is 14.1. The van der Waals surface area contributed by atoms with Gasteiger partial charge in [-0.05, 0) is 55.5 Å². The maximum absolute atomic E-state index is 12.6. The molecule has 0 aliphatic carbocycles. The van der Waals surface area contributed by atoms with E-state index in [1.807, 2.05) is 19.1 Å². The van der Waals surface area contributed by atoms with Crippen LogP contribution >= 0.6 is 0 Å². The summed E-state index contributed by atoms with van der Waals surface area (Å²) in [5, 5.41) is 6.07. The number of benzene rings is 2. The molecule has 2 N–H and O–H groups in total. The number of nitrogens with zero attached hydrogens (tertiary/aromatic N) is 1. The molecule has 1 heterocycles. The van der Waals surface area contributed by atoms with E-state index < -0.39 is 0 Å². The smallest absolute Gasteiger partial charge is 0.274 e. The number of carbonyl (C=O) groups excluding carboxylic acids is 1. The van der Waals surface area contributed by atoms with E-state index in [0.717, 1.165) is 11.4 Å². The molecule has 29 heavy (non-hydrogen) atoms. The Labute approximate surface area is 169 Å². The molecule has 0 unspecified atom stereocenters. The van der Waals surface area contributed by atoms with Crippen LogP contribution in [0.15, 0.2) is 60.8 Å². The molecule has 1 aromatic heterocycles. The summed E-state index contributed by atoms with van der Waals surface area (Å²) in [4.78, 5) is 16.7. The zero-order valence-corrected chi connectivity index (χ0v) is 16.6. The van der Waals surface area contributed by atoms with Crippen molar-refractivity contribution < 1.29 is 19.0 Å². The molecule has 0 saturated carbocycles. The number of amides is 1. The molecule has 3 rings (SSSR count). The number of rotatable bonds is 8. The van der Waals surface area contributed by atoms with E-state index in [0.29, 0.717) is 29.5 Å². The van der Waals surface area contributed by atoms with Crippen LogP contribution in [0.2, 0.25) is 0 Å². The molecule has 0 atom stereocenters. The summed E-state index contributed by atoms with van der Waals surface area (Å²) in [6.07, 6.45) is 1.57. The van der Waals surface area contributed by atoms with E-state index in [-0.39, 0.29) is 11.6 Å². The summed E-state index contributed by atoms with van der Waals surface area (Å²) >= 11 is 0. The lowest BCUT2D eigenvalue weighted by Crippen LogP contribution is -2.13. The van der Waals surface area contributed by atoms with Crippen molar-refractivity contribution in [1.29, 1.82) is 0 Å². The quantitative estimate of drug-likeness (QED) is 0.587. The van der Waals surface area contributed by atoms with Crippen LogP contribution in [0.4, 0.5) is 17.1 Å². The molecular weight excluding hydrogens is 370 g/mol. The van der Waals surface area contributed by atoms with Crippen LogP contribution < -0.4 is 24.8 Å². The lowest BCUT2D eigenvalue weighted by atomic mass is 10.2. The number of anilines is 3. The first kappa shape index (κ1) is 20.0. The molecule has 0 bridgehead atoms. The van der Waals surface area contributed by atoms with Crippen molar-refractivity contribution in [2.75, 3.05) is 31.5 Å². The highest BCUT2D eigenvalue weighted by molar-refractivity contribution is 6.03. The van der Waals surface area contributed by atoms with Gasteiger partial charge in [-0.25, -0.2) is 0 Å². The molecule has 7 nitrogen and oxygen atoms in total. The number of pyridine rings is 1. The van der Waals surface area contributed by atoms with Crippen molar-refractivity contribution >= 4 is 23.0 Å². The topological polar surface area (TPSA) is 81.7 Å². The fourth-order valence-electron chi connectivity index (χ4n) is 2.69. The summed E-state index contributed by atoms with van der Waals surface area (Å²) in [5.74, 6) is 1.77. The Hall–Kier alpha value is -3.74.